The van der Waals surface area contributed by atoms with Gasteiger partial charge in [-0.2, -0.15) is 0 Å². The molecule has 194 valence electrons. The Morgan fingerprint density at radius 2 is 1.68 bits per heavy atom. The van der Waals surface area contributed by atoms with Gasteiger partial charge in [0.05, 0.1) is 4.90 Å². The average molecular weight is 519 g/mol. The van der Waals surface area contributed by atoms with Gasteiger partial charge in [-0.05, 0) is 48.2 Å². The summed E-state index contributed by atoms with van der Waals surface area (Å²) in [6.45, 7) is 0. The predicted octanol–water partition coefficient (Wildman–Crippen LogP) is 5.43. The van der Waals surface area contributed by atoms with Crippen LogP contribution in [0.15, 0.2) is 77.7 Å². The van der Waals surface area contributed by atoms with Gasteiger partial charge in [0, 0.05) is 28.8 Å². The van der Waals surface area contributed by atoms with Crippen molar-refractivity contribution < 1.29 is 13.2 Å². The Morgan fingerprint density at radius 1 is 0.973 bits per heavy atom. The summed E-state index contributed by atoms with van der Waals surface area (Å²) in [6, 6.07) is 20.9. The fraction of sp³-hybridized carbons (Fsp3) is 0.310. The molecule has 1 fully saturated rings. The summed E-state index contributed by atoms with van der Waals surface area (Å²) in [5.74, 6) is 0.320. The van der Waals surface area contributed by atoms with E-state index in [1.807, 2.05) is 30.3 Å². The van der Waals surface area contributed by atoms with Crippen molar-refractivity contribution in [1.82, 2.24) is 0 Å². The summed E-state index contributed by atoms with van der Waals surface area (Å²) in [7, 11) is -3.37. The molecule has 1 atom stereocenters. The van der Waals surface area contributed by atoms with Crippen LogP contribution in [0.25, 0.3) is 11.1 Å². The van der Waals surface area contributed by atoms with E-state index in [0.717, 1.165) is 30.5 Å². The van der Waals surface area contributed by atoms with Crippen LogP contribution < -0.4 is 16.4 Å². The third-order valence-corrected chi connectivity index (χ3v) is 8.03. The summed E-state index contributed by atoms with van der Waals surface area (Å²) >= 11 is 0. The second-order valence-electron chi connectivity index (χ2n) is 9.77. The maximum atomic E-state index is 13.4. The largest absolute Gasteiger partial charge is 0.384 e. The van der Waals surface area contributed by atoms with E-state index < -0.39 is 15.9 Å². The van der Waals surface area contributed by atoms with Crippen LogP contribution in [0, 0.1) is 11.3 Å². The van der Waals surface area contributed by atoms with E-state index >= 15 is 0 Å². The maximum Gasteiger partial charge on any atom is 0.246 e. The standard InChI is InChI=1S/C29H34N4O3S/c1-37(35,36)27-13-6-5-12-25(27)21-14-16-23(17-15-21)33-29(34)26(18-20-8-3-2-4-9-20)32-24-11-7-10-22(19-24)28(30)31/h5-7,10-17,19-20,26,32H,2-4,8-9,18H2,1H3,(H3,30,31)(H,33,34)/t26-/m0/s1. The Morgan fingerprint density at radius 3 is 2.35 bits per heavy atom. The molecule has 1 aliphatic rings. The molecule has 7 nitrogen and oxygen atoms in total. The van der Waals surface area contributed by atoms with Crippen molar-refractivity contribution in [2.24, 2.45) is 11.7 Å². The van der Waals surface area contributed by atoms with Crippen LogP contribution in [0.3, 0.4) is 0 Å². The number of amides is 1. The first-order valence-corrected chi connectivity index (χ1v) is 14.5. The molecule has 1 amide bonds. The molecule has 3 aromatic carbocycles. The molecule has 0 heterocycles. The maximum absolute atomic E-state index is 13.4. The second kappa shape index (κ2) is 11.6. The highest BCUT2D eigenvalue weighted by Crippen LogP contribution is 2.30. The number of amidine groups is 1. The molecule has 1 saturated carbocycles. The Balaban J connectivity index is 1.53. The van der Waals surface area contributed by atoms with Crippen LogP contribution in [-0.4, -0.2) is 32.5 Å². The topological polar surface area (TPSA) is 125 Å². The summed E-state index contributed by atoms with van der Waals surface area (Å²) < 4.78 is 24.4. The Bertz CT molecular complexity index is 1360. The van der Waals surface area contributed by atoms with Crippen molar-refractivity contribution in [3.63, 3.8) is 0 Å². The lowest BCUT2D eigenvalue weighted by atomic mass is 9.84. The number of nitrogens with two attached hydrogens (primary N) is 1. The number of carbonyl (C=O) groups is 1. The predicted molar refractivity (Wildman–Crippen MR) is 150 cm³/mol. The van der Waals surface area contributed by atoms with Gasteiger partial charge in [0.2, 0.25) is 5.91 Å². The molecule has 0 bridgehead atoms. The van der Waals surface area contributed by atoms with E-state index in [-0.39, 0.29) is 16.6 Å². The van der Waals surface area contributed by atoms with Gasteiger partial charge in [0.25, 0.3) is 0 Å². The Kier molecular flexibility index (Phi) is 8.28. The molecule has 0 spiro atoms. The number of nitrogen functional groups attached to an aromatic ring is 1. The van der Waals surface area contributed by atoms with Crippen molar-refractivity contribution in [2.75, 3.05) is 16.9 Å². The highest BCUT2D eigenvalue weighted by molar-refractivity contribution is 7.90. The van der Waals surface area contributed by atoms with Crippen LogP contribution >= 0.6 is 0 Å². The summed E-state index contributed by atoms with van der Waals surface area (Å²) in [4.78, 5) is 13.7. The summed E-state index contributed by atoms with van der Waals surface area (Å²) in [6.07, 6.45) is 7.78. The smallest absolute Gasteiger partial charge is 0.246 e. The minimum absolute atomic E-state index is 0.0190. The molecule has 8 heteroatoms. The van der Waals surface area contributed by atoms with Crippen molar-refractivity contribution in [1.29, 1.82) is 5.41 Å². The lowest BCUT2D eigenvalue weighted by Gasteiger charge is -2.27. The number of carbonyl (C=O) groups excluding carboxylic acids is 1. The molecule has 0 saturated heterocycles. The van der Waals surface area contributed by atoms with Gasteiger partial charge in [-0.25, -0.2) is 8.42 Å². The number of anilines is 2. The number of nitrogens with one attached hydrogen (secondary N) is 3. The normalized spacial score (nSPS) is 15.1. The zero-order chi connectivity index (χ0) is 26.4. The molecule has 0 radical (unpaired) electrons. The monoisotopic (exact) mass is 518 g/mol. The SMILES string of the molecule is CS(=O)(=O)c1ccccc1-c1ccc(NC(=O)[C@H](CC2CCCCC2)Nc2cccc(C(=N)N)c2)cc1. The fourth-order valence-corrected chi connectivity index (χ4v) is 5.87. The molecule has 0 aromatic heterocycles. The number of hydrogen-bond acceptors (Lipinski definition) is 5. The van der Waals surface area contributed by atoms with E-state index in [9.17, 15) is 13.2 Å². The zero-order valence-corrected chi connectivity index (χ0v) is 21.9. The molecular formula is C29H34N4O3S. The van der Waals surface area contributed by atoms with Crippen molar-refractivity contribution in [3.05, 3.63) is 78.4 Å². The first-order valence-electron chi connectivity index (χ1n) is 12.6. The van der Waals surface area contributed by atoms with Crippen LogP contribution in [-0.2, 0) is 14.6 Å². The Hall–Kier alpha value is -3.65. The molecule has 3 aromatic rings. The second-order valence-corrected chi connectivity index (χ2v) is 11.8. The molecular weight excluding hydrogens is 484 g/mol. The molecule has 0 unspecified atom stereocenters. The van der Waals surface area contributed by atoms with Gasteiger partial charge in [-0.15, -0.1) is 0 Å². The highest BCUT2D eigenvalue weighted by atomic mass is 32.2. The molecule has 37 heavy (non-hydrogen) atoms. The van der Waals surface area contributed by atoms with Crippen LogP contribution in [0.4, 0.5) is 11.4 Å². The van der Waals surface area contributed by atoms with Crippen molar-refractivity contribution >= 4 is 33.0 Å². The lowest BCUT2D eigenvalue weighted by Crippen LogP contribution is -2.37. The highest BCUT2D eigenvalue weighted by Gasteiger charge is 2.25. The lowest BCUT2D eigenvalue weighted by molar-refractivity contribution is -0.117. The zero-order valence-electron chi connectivity index (χ0n) is 21.0. The fourth-order valence-electron chi connectivity index (χ4n) is 4.96. The van der Waals surface area contributed by atoms with Gasteiger partial charge in [0.15, 0.2) is 9.84 Å². The van der Waals surface area contributed by atoms with E-state index in [1.54, 1.807) is 42.5 Å². The molecule has 1 aliphatic carbocycles. The van der Waals surface area contributed by atoms with Crippen molar-refractivity contribution in [2.45, 2.75) is 49.5 Å². The van der Waals surface area contributed by atoms with Gasteiger partial charge in [-0.1, -0.05) is 74.6 Å². The number of benzene rings is 3. The van der Waals surface area contributed by atoms with Gasteiger partial charge in [-0.3, -0.25) is 10.2 Å². The third kappa shape index (κ3) is 6.98. The van der Waals surface area contributed by atoms with Crippen LogP contribution in [0.5, 0.6) is 0 Å². The van der Waals surface area contributed by atoms with Crippen LogP contribution in [0.2, 0.25) is 0 Å². The minimum atomic E-state index is -3.37. The molecule has 5 N–H and O–H groups in total. The molecule has 4 rings (SSSR count). The van der Waals surface area contributed by atoms with Crippen molar-refractivity contribution in [3.8, 4) is 11.1 Å². The summed E-state index contributed by atoms with van der Waals surface area (Å²) in [5, 5.41) is 14.1. The number of rotatable bonds is 9. The third-order valence-electron chi connectivity index (χ3n) is 6.87. The molecule has 0 aliphatic heterocycles. The minimum Gasteiger partial charge on any atom is -0.384 e. The van der Waals surface area contributed by atoms with Gasteiger partial charge < -0.3 is 16.4 Å². The first-order chi connectivity index (χ1) is 17.7. The quantitative estimate of drug-likeness (QED) is 0.222. The van der Waals surface area contributed by atoms with E-state index in [1.165, 1.54) is 25.5 Å². The van der Waals surface area contributed by atoms with E-state index in [0.29, 0.717) is 22.7 Å². The van der Waals surface area contributed by atoms with Gasteiger partial charge in [0.1, 0.15) is 11.9 Å². The number of sulfone groups is 1. The van der Waals surface area contributed by atoms with E-state index in [4.69, 9.17) is 11.1 Å². The van der Waals surface area contributed by atoms with Gasteiger partial charge >= 0.3 is 0 Å². The Labute approximate surface area is 218 Å². The first kappa shape index (κ1) is 26.4. The number of hydrogen-bond donors (Lipinski definition) is 4. The summed E-state index contributed by atoms with van der Waals surface area (Å²) in [5.41, 5.74) is 9.03. The van der Waals surface area contributed by atoms with E-state index in [2.05, 4.69) is 10.6 Å². The average Bonchev–Trinajstić information content (AvgIpc) is 2.89. The van der Waals surface area contributed by atoms with Crippen LogP contribution in [0.1, 0.15) is 44.1 Å².